The average molecular weight is 431 g/mol. The van der Waals surface area contributed by atoms with Crippen molar-refractivity contribution in [1.82, 2.24) is 25.1 Å². The quantitative estimate of drug-likeness (QED) is 0.508. The van der Waals surface area contributed by atoms with Crippen molar-refractivity contribution in [2.75, 3.05) is 11.4 Å². The highest BCUT2D eigenvalue weighted by molar-refractivity contribution is 6.05. The van der Waals surface area contributed by atoms with Gasteiger partial charge in [-0.1, -0.05) is 38.1 Å². The van der Waals surface area contributed by atoms with Crippen LogP contribution in [0.2, 0.25) is 0 Å². The van der Waals surface area contributed by atoms with E-state index < -0.39 is 5.92 Å². The lowest BCUT2D eigenvalue weighted by Gasteiger charge is -2.24. The molecule has 5 rings (SSSR count). The van der Waals surface area contributed by atoms with E-state index in [1.165, 1.54) is 0 Å². The summed E-state index contributed by atoms with van der Waals surface area (Å²) in [6.45, 7) is 4.44. The third-order valence-electron chi connectivity index (χ3n) is 6.27. The highest BCUT2D eigenvalue weighted by Crippen LogP contribution is 2.31. The predicted molar refractivity (Wildman–Crippen MR) is 123 cm³/mol. The third-order valence-corrected chi connectivity index (χ3v) is 6.27. The van der Waals surface area contributed by atoms with Crippen molar-refractivity contribution >= 4 is 39.6 Å². The number of imidazole rings is 1. The van der Waals surface area contributed by atoms with Crippen LogP contribution >= 0.6 is 0 Å². The van der Waals surface area contributed by atoms with Crippen molar-refractivity contribution < 1.29 is 9.59 Å². The van der Waals surface area contributed by atoms with Crippen molar-refractivity contribution in [3.8, 4) is 0 Å². The molecule has 0 spiro atoms. The lowest BCUT2D eigenvalue weighted by Crippen LogP contribution is -2.38. The molecule has 3 heterocycles. The van der Waals surface area contributed by atoms with Gasteiger partial charge in [0.1, 0.15) is 5.82 Å². The number of amides is 2. The Balaban J connectivity index is 1.37. The molecule has 2 unspecified atom stereocenters. The molecule has 1 saturated heterocycles. The molecule has 2 aromatic heterocycles. The van der Waals surface area contributed by atoms with Crippen LogP contribution < -0.4 is 10.2 Å². The highest BCUT2D eigenvalue weighted by Gasteiger charge is 2.38. The predicted octanol–water partition coefficient (Wildman–Crippen LogP) is 3.32. The fourth-order valence-electron chi connectivity index (χ4n) is 4.49. The lowest BCUT2D eigenvalue weighted by molar-refractivity contribution is -0.127. The Hall–Kier alpha value is -3.68. The number of carbonyl (C=O) groups excluding carboxylic acids is 2. The van der Waals surface area contributed by atoms with Gasteiger partial charge in [-0.3, -0.25) is 19.6 Å². The first-order chi connectivity index (χ1) is 15.4. The van der Waals surface area contributed by atoms with Crippen molar-refractivity contribution in [3.63, 3.8) is 0 Å². The van der Waals surface area contributed by atoms with Crippen LogP contribution in [-0.2, 0) is 16.6 Å². The third kappa shape index (κ3) is 3.32. The molecule has 8 nitrogen and oxygen atoms in total. The number of aryl methyl sites for hydroxylation is 1. The van der Waals surface area contributed by atoms with Gasteiger partial charge in [-0.05, 0) is 30.2 Å². The summed E-state index contributed by atoms with van der Waals surface area (Å²) in [6.07, 6.45) is 0.167. The molecule has 32 heavy (non-hydrogen) atoms. The Morgan fingerprint density at radius 1 is 1.16 bits per heavy atom. The van der Waals surface area contributed by atoms with Crippen molar-refractivity contribution in [2.45, 2.75) is 26.3 Å². The Morgan fingerprint density at radius 2 is 1.91 bits per heavy atom. The summed E-state index contributed by atoms with van der Waals surface area (Å²) in [5, 5.41) is 11.3. The van der Waals surface area contributed by atoms with Gasteiger partial charge >= 0.3 is 0 Å². The van der Waals surface area contributed by atoms with E-state index in [2.05, 4.69) is 29.4 Å². The molecule has 4 aromatic rings. The molecule has 1 fully saturated rings. The zero-order valence-electron chi connectivity index (χ0n) is 18.4. The molecule has 164 valence electrons. The highest BCUT2D eigenvalue weighted by atomic mass is 16.2. The van der Waals surface area contributed by atoms with E-state index in [1.807, 2.05) is 60.1 Å². The number of rotatable bonds is 5. The number of H-pyrrole nitrogens is 1. The first kappa shape index (κ1) is 20.2. The maximum Gasteiger partial charge on any atom is 0.229 e. The molecule has 0 aliphatic carbocycles. The van der Waals surface area contributed by atoms with Gasteiger partial charge in [0.2, 0.25) is 11.8 Å². The zero-order valence-corrected chi connectivity index (χ0v) is 18.4. The summed E-state index contributed by atoms with van der Waals surface area (Å²) in [5.74, 6) is 0.871. The molecule has 1 aliphatic heterocycles. The topological polar surface area (TPSA) is 95.9 Å². The van der Waals surface area contributed by atoms with Crippen LogP contribution in [0.1, 0.15) is 32.1 Å². The van der Waals surface area contributed by atoms with Gasteiger partial charge in [0.15, 0.2) is 5.82 Å². The van der Waals surface area contributed by atoms with Crippen molar-refractivity contribution in [2.24, 2.45) is 18.9 Å². The summed E-state index contributed by atoms with van der Waals surface area (Å²) in [4.78, 5) is 32.4. The van der Waals surface area contributed by atoms with E-state index in [0.717, 1.165) is 27.8 Å². The van der Waals surface area contributed by atoms with Gasteiger partial charge < -0.3 is 9.88 Å². The van der Waals surface area contributed by atoms with E-state index >= 15 is 0 Å². The van der Waals surface area contributed by atoms with E-state index in [4.69, 9.17) is 4.98 Å². The molecule has 1 aliphatic rings. The Labute approximate surface area is 185 Å². The van der Waals surface area contributed by atoms with E-state index in [-0.39, 0.29) is 30.2 Å². The summed E-state index contributed by atoms with van der Waals surface area (Å²) < 4.78 is 2.03. The number of fused-ring (bicyclic) bond motifs is 2. The largest absolute Gasteiger partial charge is 0.346 e. The smallest absolute Gasteiger partial charge is 0.229 e. The number of hydrogen-bond acceptors (Lipinski definition) is 4. The van der Waals surface area contributed by atoms with Crippen LogP contribution in [-0.4, -0.2) is 38.1 Å². The fraction of sp³-hybridized carbons (Fsp3) is 0.333. The SMILES string of the molecule is CC(C)C(NC(=O)C1CC(=O)N(c2n[nH]c3ccccc23)C1)c1nc2ccccc2n1C. The van der Waals surface area contributed by atoms with Crippen LogP contribution in [0.3, 0.4) is 0 Å². The van der Waals surface area contributed by atoms with E-state index in [0.29, 0.717) is 12.4 Å². The van der Waals surface area contributed by atoms with Gasteiger partial charge in [0, 0.05) is 25.4 Å². The van der Waals surface area contributed by atoms with Crippen LogP contribution in [0.5, 0.6) is 0 Å². The summed E-state index contributed by atoms with van der Waals surface area (Å²) in [6, 6.07) is 15.3. The number of anilines is 1. The summed E-state index contributed by atoms with van der Waals surface area (Å²) in [7, 11) is 1.97. The fourth-order valence-corrected chi connectivity index (χ4v) is 4.49. The number of benzene rings is 2. The van der Waals surface area contributed by atoms with Crippen LogP contribution in [0.15, 0.2) is 48.5 Å². The standard InChI is InChI=1S/C24H26N6O2/c1-14(2)21(23-25-18-10-6-7-11-19(18)29(23)3)26-24(32)15-12-20(31)30(13-15)22-16-8-4-5-9-17(16)27-28-22/h4-11,14-15,21H,12-13H2,1-3H3,(H,26,32)(H,27,28). The van der Waals surface area contributed by atoms with Crippen LogP contribution in [0.4, 0.5) is 5.82 Å². The van der Waals surface area contributed by atoms with Gasteiger partial charge in [0.25, 0.3) is 0 Å². The number of nitrogens with zero attached hydrogens (tertiary/aromatic N) is 4. The summed E-state index contributed by atoms with van der Waals surface area (Å²) in [5.41, 5.74) is 2.79. The molecule has 2 amide bonds. The zero-order chi connectivity index (χ0) is 22.4. The van der Waals surface area contributed by atoms with E-state index in [9.17, 15) is 9.59 Å². The first-order valence-corrected chi connectivity index (χ1v) is 10.9. The maximum absolute atomic E-state index is 13.2. The minimum absolute atomic E-state index is 0.0915. The van der Waals surface area contributed by atoms with Gasteiger partial charge in [-0.2, -0.15) is 5.10 Å². The molecule has 2 atom stereocenters. The molecule has 0 bridgehead atoms. The molecular weight excluding hydrogens is 404 g/mol. The Bertz CT molecular complexity index is 1320. The minimum atomic E-state index is -0.436. The monoisotopic (exact) mass is 430 g/mol. The number of aromatic nitrogens is 4. The Kier molecular flexibility index (Phi) is 4.92. The second kappa shape index (κ2) is 7.78. The number of nitrogens with one attached hydrogen (secondary N) is 2. The number of hydrogen-bond donors (Lipinski definition) is 2. The molecule has 2 aromatic carbocycles. The Morgan fingerprint density at radius 3 is 2.69 bits per heavy atom. The molecule has 0 saturated carbocycles. The maximum atomic E-state index is 13.2. The lowest BCUT2D eigenvalue weighted by atomic mass is 10.0. The number of para-hydroxylation sites is 3. The average Bonchev–Trinajstić information content (AvgIpc) is 3.47. The number of carbonyl (C=O) groups is 2. The minimum Gasteiger partial charge on any atom is -0.346 e. The van der Waals surface area contributed by atoms with Gasteiger partial charge in [-0.15, -0.1) is 0 Å². The molecule has 2 N–H and O–H groups in total. The summed E-state index contributed by atoms with van der Waals surface area (Å²) >= 11 is 0. The molecule has 0 radical (unpaired) electrons. The second-order valence-corrected chi connectivity index (χ2v) is 8.75. The number of aromatic amines is 1. The van der Waals surface area contributed by atoms with Crippen molar-refractivity contribution in [1.29, 1.82) is 0 Å². The van der Waals surface area contributed by atoms with E-state index in [1.54, 1.807) is 4.90 Å². The second-order valence-electron chi connectivity index (χ2n) is 8.75. The molecule has 8 heteroatoms. The van der Waals surface area contributed by atoms with Gasteiger partial charge in [0.05, 0.1) is 28.5 Å². The van der Waals surface area contributed by atoms with Crippen LogP contribution in [0, 0.1) is 11.8 Å². The van der Waals surface area contributed by atoms with Crippen LogP contribution in [0.25, 0.3) is 21.9 Å². The normalized spacial score (nSPS) is 17.6. The van der Waals surface area contributed by atoms with Gasteiger partial charge in [-0.25, -0.2) is 4.98 Å². The van der Waals surface area contributed by atoms with Crippen molar-refractivity contribution in [3.05, 3.63) is 54.4 Å². The molecular formula is C24H26N6O2. The first-order valence-electron chi connectivity index (χ1n) is 10.9.